The predicted octanol–water partition coefficient (Wildman–Crippen LogP) is 0.477. The Labute approximate surface area is 90.2 Å². The first-order valence-corrected chi connectivity index (χ1v) is 5.79. The largest absolute Gasteiger partial charge is 0.344 e. The molecule has 2 heterocycles. The van der Waals surface area contributed by atoms with Crippen LogP contribution >= 0.6 is 0 Å². The molecule has 84 valence electrons. The molecule has 15 heavy (non-hydrogen) atoms. The second-order valence-electron chi connectivity index (χ2n) is 4.47. The van der Waals surface area contributed by atoms with Gasteiger partial charge < -0.3 is 9.80 Å². The Hall–Kier alpha value is -1.06. The molecule has 2 amide bonds. The Kier molecular flexibility index (Phi) is 3.23. The van der Waals surface area contributed by atoms with E-state index in [0.717, 1.165) is 51.7 Å². The number of carbonyl (C=O) groups excluding carboxylic acids is 2. The van der Waals surface area contributed by atoms with E-state index >= 15 is 0 Å². The number of nitrogens with zero attached hydrogens (tertiary/aromatic N) is 2. The van der Waals surface area contributed by atoms with Crippen molar-refractivity contribution >= 4 is 12.3 Å². The van der Waals surface area contributed by atoms with Crippen LogP contribution in [-0.4, -0.2) is 48.3 Å². The lowest BCUT2D eigenvalue weighted by atomic mass is 9.97. The van der Waals surface area contributed by atoms with Gasteiger partial charge in [0.25, 0.3) is 0 Å². The highest BCUT2D eigenvalue weighted by Crippen LogP contribution is 2.20. The second kappa shape index (κ2) is 4.64. The van der Waals surface area contributed by atoms with Gasteiger partial charge in [0.1, 0.15) is 0 Å². The molecule has 0 saturated carbocycles. The Bertz CT molecular complexity index is 249. The van der Waals surface area contributed by atoms with Crippen molar-refractivity contribution in [3.63, 3.8) is 0 Å². The second-order valence-corrected chi connectivity index (χ2v) is 4.47. The summed E-state index contributed by atoms with van der Waals surface area (Å²) in [7, 11) is 0. The van der Waals surface area contributed by atoms with Crippen LogP contribution in [0.1, 0.15) is 25.7 Å². The van der Waals surface area contributed by atoms with Gasteiger partial charge in [0.15, 0.2) is 0 Å². The first-order chi connectivity index (χ1) is 7.31. The van der Waals surface area contributed by atoms with Crippen molar-refractivity contribution in [1.82, 2.24) is 9.80 Å². The number of amides is 2. The van der Waals surface area contributed by atoms with Crippen molar-refractivity contribution in [2.75, 3.05) is 26.2 Å². The minimum Gasteiger partial charge on any atom is -0.344 e. The standard InChI is InChI=1S/C11H18N2O2/c14-9-12-5-3-4-10(8-12)11(15)13-6-1-2-7-13/h9-10H,1-8H2. The van der Waals surface area contributed by atoms with E-state index in [2.05, 4.69) is 0 Å². The average Bonchev–Trinajstić information content (AvgIpc) is 2.81. The quantitative estimate of drug-likeness (QED) is 0.622. The zero-order chi connectivity index (χ0) is 10.7. The molecule has 0 N–H and O–H groups in total. The smallest absolute Gasteiger partial charge is 0.227 e. The van der Waals surface area contributed by atoms with Crippen molar-refractivity contribution in [3.8, 4) is 0 Å². The summed E-state index contributed by atoms with van der Waals surface area (Å²) in [5.41, 5.74) is 0. The van der Waals surface area contributed by atoms with E-state index in [-0.39, 0.29) is 11.8 Å². The summed E-state index contributed by atoms with van der Waals surface area (Å²) in [5, 5.41) is 0. The predicted molar refractivity (Wildman–Crippen MR) is 56.2 cm³/mol. The lowest BCUT2D eigenvalue weighted by molar-refractivity contribution is -0.137. The first kappa shape index (κ1) is 10.5. The molecule has 0 radical (unpaired) electrons. The molecule has 1 unspecified atom stereocenters. The van der Waals surface area contributed by atoms with E-state index in [1.807, 2.05) is 4.90 Å². The Morgan fingerprint density at radius 3 is 2.53 bits per heavy atom. The summed E-state index contributed by atoms with van der Waals surface area (Å²) >= 11 is 0. The van der Waals surface area contributed by atoms with E-state index in [1.54, 1.807) is 4.90 Å². The maximum atomic E-state index is 12.0. The molecule has 0 aliphatic carbocycles. The highest BCUT2D eigenvalue weighted by atomic mass is 16.2. The van der Waals surface area contributed by atoms with Gasteiger partial charge in [-0.15, -0.1) is 0 Å². The van der Waals surface area contributed by atoms with Crippen LogP contribution in [0.15, 0.2) is 0 Å². The average molecular weight is 210 g/mol. The van der Waals surface area contributed by atoms with E-state index in [9.17, 15) is 9.59 Å². The van der Waals surface area contributed by atoms with Crippen LogP contribution in [0.2, 0.25) is 0 Å². The Morgan fingerprint density at radius 2 is 1.87 bits per heavy atom. The van der Waals surface area contributed by atoms with Crippen molar-refractivity contribution < 1.29 is 9.59 Å². The maximum Gasteiger partial charge on any atom is 0.227 e. The molecule has 2 aliphatic rings. The van der Waals surface area contributed by atoms with Gasteiger partial charge in [0.05, 0.1) is 5.92 Å². The monoisotopic (exact) mass is 210 g/mol. The molecule has 4 heteroatoms. The van der Waals surface area contributed by atoms with E-state index < -0.39 is 0 Å². The summed E-state index contributed by atoms with van der Waals surface area (Å²) < 4.78 is 0. The van der Waals surface area contributed by atoms with Gasteiger partial charge >= 0.3 is 0 Å². The van der Waals surface area contributed by atoms with Crippen molar-refractivity contribution in [3.05, 3.63) is 0 Å². The summed E-state index contributed by atoms with van der Waals surface area (Å²) in [6.45, 7) is 3.26. The Balaban J connectivity index is 1.91. The van der Waals surface area contributed by atoms with Crippen LogP contribution in [-0.2, 0) is 9.59 Å². The van der Waals surface area contributed by atoms with Crippen LogP contribution in [0.5, 0.6) is 0 Å². The van der Waals surface area contributed by atoms with Crippen molar-refractivity contribution in [2.24, 2.45) is 5.92 Å². The van der Waals surface area contributed by atoms with Crippen LogP contribution in [0, 0.1) is 5.92 Å². The molecule has 4 nitrogen and oxygen atoms in total. The molecule has 2 saturated heterocycles. The third-order valence-corrected chi connectivity index (χ3v) is 3.37. The normalized spacial score (nSPS) is 26.8. The van der Waals surface area contributed by atoms with Gasteiger partial charge in [-0.3, -0.25) is 9.59 Å². The van der Waals surface area contributed by atoms with Gasteiger partial charge in [-0.1, -0.05) is 0 Å². The molecule has 0 aromatic carbocycles. The molecule has 0 aromatic heterocycles. The molecule has 1 atom stereocenters. The summed E-state index contributed by atoms with van der Waals surface area (Å²) in [4.78, 5) is 26.4. The number of rotatable bonds is 2. The lowest BCUT2D eigenvalue weighted by Crippen LogP contribution is -2.43. The topological polar surface area (TPSA) is 40.6 Å². The van der Waals surface area contributed by atoms with Crippen LogP contribution in [0.3, 0.4) is 0 Å². The SMILES string of the molecule is O=CN1CCCC(C(=O)N2CCCC2)C1. The van der Waals surface area contributed by atoms with Crippen LogP contribution < -0.4 is 0 Å². The van der Waals surface area contributed by atoms with Gasteiger partial charge in [0, 0.05) is 26.2 Å². The minimum absolute atomic E-state index is 0.0575. The van der Waals surface area contributed by atoms with E-state index in [1.165, 1.54) is 0 Å². The fourth-order valence-corrected chi connectivity index (χ4v) is 2.50. The zero-order valence-electron chi connectivity index (χ0n) is 9.02. The summed E-state index contributed by atoms with van der Waals surface area (Å²) in [5.74, 6) is 0.320. The third kappa shape index (κ3) is 2.30. The van der Waals surface area contributed by atoms with Crippen molar-refractivity contribution in [2.45, 2.75) is 25.7 Å². The molecule has 0 aromatic rings. The molecular formula is C11H18N2O2. The maximum absolute atomic E-state index is 12.0. The van der Waals surface area contributed by atoms with Crippen LogP contribution in [0.25, 0.3) is 0 Å². The molecule has 2 rings (SSSR count). The molecule has 0 bridgehead atoms. The summed E-state index contributed by atoms with van der Waals surface area (Å²) in [6.07, 6.45) is 5.04. The van der Waals surface area contributed by atoms with Gasteiger partial charge in [-0.25, -0.2) is 0 Å². The molecule has 2 fully saturated rings. The van der Waals surface area contributed by atoms with Crippen molar-refractivity contribution in [1.29, 1.82) is 0 Å². The third-order valence-electron chi connectivity index (χ3n) is 3.37. The number of carbonyl (C=O) groups is 2. The Morgan fingerprint density at radius 1 is 1.13 bits per heavy atom. The number of likely N-dealkylation sites (tertiary alicyclic amines) is 2. The zero-order valence-corrected chi connectivity index (χ0v) is 9.02. The molecule has 0 spiro atoms. The van der Waals surface area contributed by atoms with Gasteiger partial charge in [0.2, 0.25) is 12.3 Å². The molecular weight excluding hydrogens is 192 g/mol. The minimum atomic E-state index is 0.0575. The highest BCUT2D eigenvalue weighted by molar-refractivity contribution is 5.79. The fraction of sp³-hybridized carbons (Fsp3) is 0.818. The fourth-order valence-electron chi connectivity index (χ4n) is 2.50. The van der Waals surface area contributed by atoms with Crippen LogP contribution in [0.4, 0.5) is 0 Å². The molecule has 2 aliphatic heterocycles. The van der Waals surface area contributed by atoms with E-state index in [0.29, 0.717) is 6.54 Å². The van der Waals surface area contributed by atoms with E-state index in [4.69, 9.17) is 0 Å². The summed E-state index contributed by atoms with van der Waals surface area (Å²) in [6, 6.07) is 0. The number of piperidine rings is 1. The highest BCUT2D eigenvalue weighted by Gasteiger charge is 2.29. The van der Waals surface area contributed by atoms with Gasteiger partial charge in [-0.05, 0) is 25.7 Å². The van der Waals surface area contributed by atoms with Gasteiger partial charge in [-0.2, -0.15) is 0 Å². The first-order valence-electron chi connectivity index (χ1n) is 5.79. The number of hydrogen-bond donors (Lipinski definition) is 0. The number of hydrogen-bond acceptors (Lipinski definition) is 2. The lowest BCUT2D eigenvalue weighted by Gasteiger charge is -2.31.